The van der Waals surface area contributed by atoms with Crippen molar-refractivity contribution in [1.82, 2.24) is 29.8 Å². The van der Waals surface area contributed by atoms with Crippen LogP contribution in [0.3, 0.4) is 0 Å². The monoisotopic (exact) mass is 348 g/mol. The van der Waals surface area contributed by atoms with Crippen molar-refractivity contribution >= 4 is 5.91 Å². The maximum atomic E-state index is 13.0. The van der Waals surface area contributed by atoms with E-state index in [1.165, 1.54) is 0 Å². The average Bonchev–Trinajstić information content (AvgIpc) is 3.22. The summed E-state index contributed by atoms with van der Waals surface area (Å²) in [5, 5.41) is 0. The number of amides is 1. The topological polar surface area (TPSA) is 87.7 Å². The zero-order valence-electron chi connectivity index (χ0n) is 14.6. The third-order valence-electron chi connectivity index (χ3n) is 4.60. The molecule has 1 aliphatic heterocycles. The van der Waals surface area contributed by atoms with Crippen LogP contribution < -0.4 is 0 Å². The first-order valence-electron chi connectivity index (χ1n) is 8.79. The number of nitrogens with one attached hydrogen (secondary N) is 1. The number of nitrogens with zero attached hydrogens (tertiary/aromatic N) is 5. The lowest BCUT2D eigenvalue weighted by Crippen LogP contribution is -2.39. The number of aromatic amines is 1. The van der Waals surface area contributed by atoms with Crippen LogP contribution >= 0.6 is 0 Å². The van der Waals surface area contributed by atoms with Gasteiger partial charge in [-0.25, -0.2) is 15.0 Å². The molecule has 0 aromatic carbocycles. The molecule has 4 heterocycles. The smallest absolute Gasteiger partial charge is 0.254 e. The van der Waals surface area contributed by atoms with Crippen molar-refractivity contribution in [2.75, 3.05) is 6.54 Å². The van der Waals surface area contributed by atoms with Crippen LogP contribution in [0, 0.1) is 6.92 Å². The number of H-pyrrole nitrogens is 1. The molecule has 1 atom stereocenters. The molecular formula is C19H20N6O. The number of imidazole rings is 1. The van der Waals surface area contributed by atoms with Crippen LogP contribution in [0.5, 0.6) is 0 Å². The van der Waals surface area contributed by atoms with Gasteiger partial charge in [-0.3, -0.25) is 9.78 Å². The first-order valence-corrected chi connectivity index (χ1v) is 8.79. The molecule has 3 aromatic heterocycles. The Balaban J connectivity index is 1.69. The van der Waals surface area contributed by atoms with Gasteiger partial charge in [0.15, 0.2) is 11.6 Å². The Bertz CT molecular complexity index is 894. The van der Waals surface area contributed by atoms with E-state index in [1.54, 1.807) is 36.9 Å². The second-order valence-corrected chi connectivity index (χ2v) is 6.44. The number of piperidine rings is 1. The summed E-state index contributed by atoms with van der Waals surface area (Å²) in [6.07, 6.45) is 9.66. The van der Waals surface area contributed by atoms with Gasteiger partial charge in [0, 0.05) is 42.6 Å². The number of likely N-dealkylation sites (tertiary alicyclic amines) is 1. The summed E-state index contributed by atoms with van der Waals surface area (Å²) in [5.74, 6) is 1.39. The zero-order valence-corrected chi connectivity index (χ0v) is 14.6. The van der Waals surface area contributed by atoms with Gasteiger partial charge in [-0.15, -0.1) is 0 Å². The van der Waals surface area contributed by atoms with Crippen molar-refractivity contribution in [3.05, 3.63) is 60.1 Å². The Morgan fingerprint density at radius 1 is 1.19 bits per heavy atom. The molecule has 1 fully saturated rings. The van der Waals surface area contributed by atoms with E-state index in [-0.39, 0.29) is 11.9 Å². The van der Waals surface area contributed by atoms with E-state index in [1.807, 2.05) is 17.9 Å². The molecule has 0 saturated carbocycles. The Kier molecular flexibility index (Phi) is 4.43. The molecule has 1 N–H and O–H groups in total. The van der Waals surface area contributed by atoms with E-state index >= 15 is 0 Å². The Hall–Kier alpha value is -3.09. The van der Waals surface area contributed by atoms with E-state index in [0.717, 1.165) is 30.7 Å². The van der Waals surface area contributed by atoms with Crippen molar-refractivity contribution in [1.29, 1.82) is 0 Å². The minimum absolute atomic E-state index is 0.00162. The highest BCUT2D eigenvalue weighted by molar-refractivity contribution is 5.94. The van der Waals surface area contributed by atoms with Gasteiger partial charge in [-0.1, -0.05) is 0 Å². The predicted octanol–water partition coefficient (Wildman–Crippen LogP) is 2.94. The van der Waals surface area contributed by atoms with E-state index in [9.17, 15) is 4.79 Å². The fourth-order valence-corrected chi connectivity index (χ4v) is 3.37. The lowest BCUT2D eigenvalue weighted by atomic mass is 10.00. The fourth-order valence-electron chi connectivity index (χ4n) is 3.37. The highest BCUT2D eigenvalue weighted by Gasteiger charge is 2.31. The Labute approximate surface area is 151 Å². The molecule has 4 rings (SSSR count). The molecule has 7 heteroatoms. The van der Waals surface area contributed by atoms with Crippen molar-refractivity contribution in [2.45, 2.75) is 32.2 Å². The first-order chi connectivity index (χ1) is 12.7. The lowest BCUT2D eigenvalue weighted by molar-refractivity contribution is 0.0599. The van der Waals surface area contributed by atoms with Crippen LogP contribution in [0.15, 0.2) is 43.0 Å². The summed E-state index contributed by atoms with van der Waals surface area (Å²) >= 11 is 0. The van der Waals surface area contributed by atoms with Gasteiger partial charge >= 0.3 is 0 Å². The average molecular weight is 348 g/mol. The number of carbonyl (C=O) groups is 1. The molecule has 0 radical (unpaired) electrons. The van der Waals surface area contributed by atoms with Gasteiger partial charge in [0.05, 0.1) is 6.04 Å². The summed E-state index contributed by atoms with van der Waals surface area (Å²) in [5.41, 5.74) is 2.26. The number of aromatic nitrogens is 5. The molecule has 132 valence electrons. The van der Waals surface area contributed by atoms with Crippen molar-refractivity contribution < 1.29 is 4.79 Å². The van der Waals surface area contributed by atoms with Crippen molar-refractivity contribution in [3.63, 3.8) is 0 Å². The van der Waals surface area contributed by atoms with Gasteiger partial charge in [0.25, 0.3) is 5.91 Å². The second-order valence-electron chi connectivity index (χ2n) is 6.44. The molecule has 0 aliphatic carbocycles. The summed E-state index contributed by atoms with van der Waals surface area (Å²) < 4.78 is 0. The van der Waals surface area contributed by atoms with E-state index in [4.69, 9.17) is 4.98 Å². The summed E-state index contributed by atoms with van der Waals surface area (Å²) in [4.78, 5) is 35.6. The quantitative estimate of drug-likeness (QED) is 0.786. The molecule has 0 bridgehead atoms. The number of aryl methyl sites for hydroxylation is 1. The fraction of sp³-hybridized carbons (Fsp3) is 0.316. The van der Waals surface area contributed by atoms with E-state index in [2.05, 4.69) is 19.9 Å². The van der Waals surface area contributed by atoms with E-state index < -0.39 is 0 Å². The maximum absolute atomic E-state index is 13.0. The van der Waals surface area contributed by atoms with Crippen molar-refractivity contribution in [3.8, 4) is 11.5 Å². The van der Waals surface area contributed by atoms with Crippen LogP contribution in [0.2, 0.25) is 0 Å². The highest BCUT2D eigenvalue weighted by Crippen LogP contribution is 2.31. The highest BCUT2D eigenvalue weighted by atomic mass is 16.2. The molecule has 1 amide bonds. The molecule has 1 saturated heterocycles. The van der Waals surface area contributed by atoms with E-state index in [0.29, 0.717) is 23.8 Å². The van der Waals surface area contributed by atoms with Crippen LogP contribution in [-0.2, 0) is 0 Å². The van der Waals surface area contributed by atoms with Crippen molar-refractivity contribution in [2.24, 2.45) is 0 Å². The molecule has 0 spiro atoms. The van der Waals surface area contributed by atoms with Gasteiger partial charge in [0.1, 0.15) is 5.69 Å². The van der Waals surface area contributed by atoms with Gasteiger partial charge < -0.3 is 9.88 Å². The molecule has 26 heavy (non-hydrogen) atoms. The number of hydrogen-bond acceptors (Lipinski definition) is 5. The number of carbonyl (C=O) groups excluding carboxylic acids is 1. The van der Waals surface area contributed by atoms with Gasteiger partial charge in [0.2, 0.25) is 0 Å². The normalized spacial score (nSPS) is 17.3. The number of hydrogen-bond donors (Lipinski definition) is 1. The second kappa shape index (κ2) is 7.03. The molecule has 3 aromatic rings. The third-order valence-corrected chi connectivity index (χ3v) is 4.60. The summed E-state index contributed by atoms with van der Waals surface area (Å²) in [6.45, 7) is 2.65. The third kappa shape index (κ3) is 3.20. The number of pyridine rings is 1. The predicted molar refractivity (Wildman–Crippen MR) is 96.2 cm³/mol. The molecule has 7 nitrogen and oxygen atoms in total. The first kappa shape index (κ1) is 16.4. The number of rotatable bonds is 3. The SMILES string of the molecule is Cc1cc(-c2ncc[nH]2)nc([C@@H]2CCCCN2C(=O)c2ccncc2)n1. The minimum atomic E-state index is -0.127. The Morgan fingerprint density at radius 2 is 2.04 bits per heavy atom. The zero-order chi connectivity index (χ0) is 17.9. The van der Waals surface area contributed by atoms with Crippen LogP contribution in [0.25, 0.3) is 11.5 Å². The molecule has 0 unspecified atom stereocenters. The van der Waals surface area contributed by atoms with Crippen LogP contribution in [0.1, 0.15) is 47.2 Å². The summed E-state index contributed by atoms with van der Waals surface area (Å²) in [6, 6.07) is 5.27. The molecule has 1 aliphatic rings. The standard InChI is InChI=1S/C19H20N6O/c1-13-12-15(17-21-9-10-22-17)24-18(23-13)16-4-2-3-11-25(16)19(26)14-5-7-20-8-6-14/h5-10,12,16H,2-4,11H2,1H3,(H,21,22)/t16-/m0/s1. The van der Waals surface area contributed by atoms with Gasteiger partial charge in [-0.2, -0.15) is 0 Å². The maximum Gasteiger partial charge on any atom is 0.254 e. The van der Waals surface area contributed by atoms with Gasteiger partial charge in [-0.05, 0) is 44.4 Å². The van der Waals surface area contributed by atoms with Crippen LogP contribution in [0.4, 0.5) is 0 Å². The largest absolute Gasteiger partial charge is 0.343 e. The molecular weight excluding hydrogens is 328 g/mol. The lowest BCUT2D eigenvalue weighted by Gasteiger charge is -2.35. The summed E-state index contributed by atoms with van der Waals surface area (Å²) in [7, 11) is 0. The minimum Gasteiger partial charge on any atom is -0.343 e. The Morgan fingerprint density at radius 3 is 2.81 bits per heavy atom. The van der Waals surface area contributed by atoms with Crippen LogP contribution in [-0.4, -0.2) is 42.3 Å².